The molecule has 1 aliphatic carbocycles. The molecule has 1 fully saturated rings. The number of benzene rings is 1. The molecule has 1 aliphatic rings. The third-order valence-corrected chi connectivity index (χ3v) is 10.0. The van der Waals surface area contributed by atoms with Crippen LogP contribution in [0.1, 0.15) is 127 Å². The number of nitriles is 1. The Balaban J connectivity index is 1.69. The van der Waals surface area contributed by atoms with Crippen molar-refractivity contribution in [1.29, 1.82) is 5.26 Å². The van der Waals surface area contributed by atoms with Gasteiger partial charge in [0, 0.05) is 18.6 Å². The van der Waals surface area contributed by atoms with Crippen LogP contribution in [-0.4, -0.2) is 33.7 Å². The minimum Gasteiger partial charge on any atom is -0.393 e. The molecule has 4 nitrogen and oxygen atoms in total. The quantitative estimate of drug-likeness (QED) is 0.237. The molecule has 2 unspecified atom stereocenters. The van der Waals surface area contributed by atoms with Gasteiger partial charge in [-0.1, -0.05) is 77.4 Å². The second-order valence-electron chi connectivity index (χ2n) is 12.6. The highest BCUT2D eigenvalue weighted by atomic mass is 16.3. The van der Waals surface area contributed by atoms with Crippen molar-refractivity contribution >= 4 is 5.57 Å². The molecule has 2 aromatic rings. The fourth-order valence-corrected chi connectivity index (χ4v) is 6.89. The average Bonchev–Trinajstić information content (AvgIpc) is 3.00. The summed E-state index contributed by atoms with van der Waals surface area (Å²) in [6.45, 7) is 19.1. The van der Waals surface area contributed by atoms with Crippen LogP contribution in [0, 0.1) is 36.0 Å². The molecular weight excluding hydrogens is 502 g/mol. The number of aliphatic hydroxyl groups is 1. The molecule has 4 heteroatoms. The first kappa shape index (κ1) is 33.0. The summed E-state index contributed by atoms with van der Waals surface area (Å²) in [5, 5.41) is 19.2. The Labute approximate surface area is 250 Å². The Hall–Kier alpha value is -2.48. The normalized spacial score (nSPS) is 19.6. The van der Waals surface area contributed by atoms with E-state index in [0.717, 1.165) is 67.8 Å². The molecule has 0 radical (unpaired) electrons. The van der Waals surface area contributed by atoms with Crippen molar-refractivity contribution in [2.75, 3.05) is 6.54 Å². The standard InChI is InChI=1S/C37H55N3O/c1-8-32(27(5)28(6)37-26(4)14-21-34(24-38)39-37)25-40(35(9-2)10-3)29(7)33-19-15-30(16-20-33)12-11-13-31-17-22-36(41)23-18-31/h14-16,19-21,27,29,31-32,35-36,41H,6,8-13,17-18,22-23,25H2,1-5,7H3/t27?,29?,31?,32-,36?/m0/s1. The monoisotopic (exact) mass is 557 g/mol. The van der Waals surface area contributed by atoms with Crippen LogP contribution < -0.4 is 0 Å². The van der Waals surface area contributed by atoms with Crippen molar-refractivity contribution in [3.8, 4) is 6.07 Å². The van der Waals surface area contributed by atoms with Gasteiger partial charge in [0.1, 0.15) is 11.8 Å². The van der Waals surface area contributed by atoms with E-state index in [4.69, 9.17) is 0 Å². The van der Waals surface area contributed by atoms with E-state index in [9.17, 15) is 10.4 Å². The van der Waals surface area contributed by atoms with E-state index in [2.05, 4.69) is 88.3 Å². The maximum Gasteiger partial charge on any atom is 0.141 e. The molecule has 1 saturated carbocycles. The lowest BCUT2D eigenvalue weighted by Gasteiger charge is -2.40. The van der Waals surface area contributed by atoms with Gasteiger partial charge >= 0.3 is 0 Å². The van der Waals surface area contributed by atoms with Crippen molar-refractivity contribution < 1.29 is 5.11 Å². The molecule has 3 rings (SSSR count). The highest BCUT2D eigenvalue weighted by molar-refractivity contribution is 5.65. The summed E-state index contributed by atoms with van der Waals surface area (Å²) >= 11 is 0. The molecule has 0 saturated heterocycles. The summed E-state index contributed by atoms with van der Waals surface area (Å²) < 4.78 is 0. The first-order valence-electron chi connectivity index (χ1n) is 16.3. The van der Waals surface area contributed by atoms with Crippen LogP contribution in [0.15, 0.2) is 43.0 Å². The van der Waals surface area contributed by atoms with E-state index in [1.54, 1.807) is 6.07 Å². The van der Waals surface area contributed by atoms with Gasteiger partial charge in [-0.15, -0.1) is 0 Å². The fourth-order valence-electron chi connectivity index (χ4n) is 6.89. The topological polar surface area (TPSA) is 60.2 Å². The maximum absolute atomic E-state index is 9.77. The molecule has 1 aromatic carbocycles. The van der Waals surface area contributed by atoms with Crippen LogP contribution in [0.2, 0.25) is 0 Å². The largest absolute Gasteiger partial charge is 0.393 e. The van der Waals surface area contributed by atoms with Crippen molar-refractivity contribution in [2.45, 2.75) is 124 Å². The zero-order valence-corrected chi connectivity index (χ0v) is 26.7. The summed E-state index contributed by atoms with van der Waals surface area (Å²) in [6, 6.07) is 16.2. The number of aromatic nitrogens is 1. The van der Waals surface area contributed by atoms with Crippen LogP contribution in [0.4, 0.5) is 0 Å². The molecule has 1 heterocycles. The lowest BCUT2D eigenvalue weighted by molar-refractivity contribution is 0.101. The molecule has 41 heavy (non-hydrogen) atoms. The van der Waals surface area contributed by atoms with Gasteiger partial charge in [0.15, 0.2) is 0 Å². The zero-order chi connectivity index (χ0) is 29.9. The molecule has 1 N–H and O–H groups in total. The predicted molar refractivity (Wildman–Crippen MR) is 173 cm³/mol. The highest BCUT2D eigenvalue weighted by Crippen LogP contribution is 2.35. The van der Waals surface area contributed by atoms with Gasteiger partial charge in [0.05, 0.1) is 11.8 Å². The zero-order valence-electron chi connectivity index (χ0n) is 26.7. The smallest absolute Gasteiger partial charge is 0.141 e. The Morgan fingerprint density at radius 1 is 1.02 bits per heavy atom. The summed E-state index contributed by atoms with van der Waals surface area (Å²) in [7, 11) is 0. The summed E-state index contributed by atoms with van der Waals surface area (Å²) in [4.78, 5) is 7.36. The number of hydrogen-bond acceptors (Lipinski definition) is 4. The van der Waals surface area contributed by atoms with Gasteiger partial charge in [-0.05, 0) is 111 Å². The van der Waals surface area contributed by atoms with E-state index in [1.807, 2.05) is 6.07 Å². The van der Waals surface area contributed by atoms with E-state index in [0.29, 0.717) is 23.7 Å². The molecule has 0 aliphatic heterocycles. The van der Waals surface area contributed by atoms with Crippen LogP contribution in [0.3, 0.4) is 0 Å². The SMILES string of the molecule is C=C(c1nc(C#N)ccc1C)C(C)[C@@H](CC)CN(C(CC)CC)C(C)c1ccc(CCCC2CCC(O)CC2)cc1. The molecular formula is C37H55N3O. The first-order chi connectivity index (χ1) is 19.7. The molecule has 0 bridgehead atoms. The average molecular weight is 558 g/mol. The summed E-state index contributed by atoms with van der Waals surface area (Å²) in [6.07, 6.45) is 11.3. The van der Waals surface area contributed by atoms with Gasteiger partial charge in [-0.25, -0.2) is 4.98 Å². The minimum absolute atomic E-state index is 0.0577. The van der Waals surface area contributed by atoms with Gasteiger partial charge in [-0.2, -0.15) is 5.26 Å². The van der Waals surface area contributed by atoms with Crippen molar-refractivity contribution in [1.82, 2.24) is 9.88 Å². The molecule has 0 spiro atoms. The minimum atomic E-state index is -0.0577. The molecule has 0 amide bonds. The fraction of sp³-hybridized carbons (Fsp3) is 0.622. The van der Waals surface area contributed by atoms with Crippen LogP contribution in [0.5, 0.6) is 0 Å². The lowest BCUT2D eigenvalue weighted by Crippen LogP contribution is -2.41. The van der Waals surface area contributed by atoms with Crippen LogP contribution >= 0.6 is 0 Å². The maximum atomic E-state index is 9.77. The van der Waals surface area contributed by atoms with Crippen molar-refractivity contribution in [2.24, 2.45) is 17.8 Å². The van der Waals surface area contributed by atoms with Gasteiger partial charge in [0.25, 0.3) is 0 Å². The number of aliphatic hydroxyl groups excluding tert-OH is 1. The second-order valence-corrected chi connectivity index (χ2v) is 12.6. The molecule has 224 valence electrons. The number of nitrogens with zero attached hydrogens (tertiary/aromatic N) is 3. The Kier molecular flexibility index (Phi) is 13.1. The Bertz CT molecular complexity index is 1120. The van der Waals surface area contributed by atoms with E-state index in [1.165, 1.54) is 36.8 Å². The predicted octanol–water partition coefficient (Wildman–Crippen LogP) is 9.06. The number of hydrogen-bond donors (Lipinski definition) is 1. The van der Waals surface area contributed by atoms with E-state index < -0.39 is 0 Å². The molecule has 3 atom stereocenters. The second kappa shape index (κ2) is 16.2. The third kappa shape index (κ3) is 9.00. The van der Waals surface area contributed by atoms with Gasteiger partial charge in [-0.3, -0.25) is 4.90 Å². The Morgan fingerprint density at radius 2 is 1.68 bits per heavy atom. The lowest BCUT2D eigenvalue weighted by atomic mass is 9.82. The number of allylic oxidation sites excluding steroid dienone is 1. The van der Waals surface area contributed by atoms with Crippen LogP contribution in [-0.2, 0) is 6.42 Å². The summed E-state index contributed by atoms with van der Waals surface area (Å²) in [5.41, 5.74) is 6.29. The number of rotatable bonds is 15. The van der Waals surface area contributed by atoms with Crippen molar-refractivity contribution in [3.63, 3.8) is 0 Å². The first-order valence-corrected chi connectivity index (χ1v) is 16.3. The van der Waals surface area contributed by atoms with E-state index in [-0.39, 0.29) is 12.0 Å². The van der Waals surface area contributed by atoms with Crippen LogP contribution in [0.25, 0.3) is 5.57 Å². The van der Waals surface area contributed by atoms with Gasteiger partial charge < -0.3 is 5.11 Å². The third-order valence-electron chi connectivity index (χ3n) is 10.0. The highest BCUT2D eigenvalue weighted by Gasteiger charge is 2.29. The Morgan fingerprint density at radius 3 is 2.27 bits per heavy atom. The van der Waals surface area contributed by atoms with Gasteiger partial charge in [0.2, 0.25) is 0 Å². The number of aryl methyl sites for hydroxylation is 2. The number of pyridine rings is 1. The summed E-state index contributed by atoms with van der Waals surface area (Å²) in [5.74, 6) is 1.50. The van der Waals surface area contributed by atoms with E-state index >= 15 is 0 Å². The molecule has 1 aromatic heterocycles. The van der Waals surface area contributed by atoms with Crippen molar-refractivity contribution in [3.05, 3.63) is 71.1 Å².